The number of hydrogen-bond donors (Lipinski definition) is 0. The third-order valence-electron chi connectivity index (χ3n) is 6.91. The zero-order chi connectivity index (χ0) is 22.3. The van der Waals surface area contributed by atoms with Gasteiger partial charge in [0.1, 0.15) is 5.75 Å². The van der Waals surface area contributed by atoms with Crippen molar-refractivity contribution in [1.82, 2.24) is 14.7 Å². The van der Waals surface area contributed by atoms with Gasteiger partial charge in [0.25, 0.3) is 0 Å². The molecule has 0 aromatic heterocycles. The highest BCUT2D eigenvalue weighted by atomic mass is 16.5. The van der Waals surface area contributed by atoms with Crippen molar-refractivity contribution >= 4 is 0 Å². The maximum absolute atomic E-state index is 5.62. The molecule has 2 heterocycles. The number of piperazine rings is 1. The molecular weight excluding hydrogens is 402 g/mol. The molecule has 2 aliphatic heterocycles. The molecule has 4 rings (SSSR count). The van der Waals surface area contributed by atoms with Crippen LogP contribution in [0.2, 0.25) is 0 Å². The van der Waals surface area contributed by atoms with Gasteiger partial charge in [-0.2, -0.15) is 0 Å². The maximum atomic E-state index is 5.62. The Hall–Kier alpha value is -2.28. The summed E-state index contributed by atoms with van der Waals surface area (Å²) in [5.41, 5.74) is 2.57. The van der Waals surface area contributed by atoms with Crippen molar-refractivity contribution in [1.29, 1.82) is 0 Å². The summed E-state index contributed by atoms with van der Waals surface area (Å²) >= 11 is 0. The van der Waals surface area contributed by atoms with Crippen LogP contribution in [0.15, 0.2) is 42.5 Å². The summed E-state index contributed by atoms with van der Waals surface area (Å²) in [6.07, 6.45) is 2.55. The van der Waals surface area contributed by atoms with E-state index >= 15 is 0 Å². The Bertz CT molecular complexity index is 845. The Balaban J connectivity index is 1.26. The first-order valence-corrected chi connectivity index (χ1v) is 11.7. The van der Waals surface area contributed by atoms with Gasteiger partial charge in [-0.05, 0) is 37.6 Å². The minimum atomic E-state index is 0.705. The van der Waals surface area contributed by atoms with Crippen LogP contribution in [0.1, 0.15) is 24.0 Å². The van der Waals surface area contributed by atoms with Crippen molar-refractivity contribution in [3.05, 3.63) is 53.6 Å². The number of piperidine rings is 1. The topological polar surface area (TPSA) is 37.4 Å². The molecule has 2 fully saturated rings. The lowest BCUT2D eigenvalue weighted by Crippen LogP contribution is -2.52. The average Bonchev–Trinajstić information content (AvgIpc) is 2.85. The van der Waals surface area contributed by atoms with Crippen LogP contribution in [0.5, 0.6) is 17.2 Å². The minimum absolute atomic E-state index is 0.705. The monoisotopic (exact) mass is 439 g/mol. The molecule has 2 aromatic carbocycles. The molecule has 0 spiro atoms. The lowest BCUT2D eigenvalue weighted by Gasteiger charge is -2.43. The summed E-state index contributed by atoms with van der Waals surface area (Å²) in [6.45, 7) is 8.79. The molecule has 2 aliphatic rings. The summed E-state index contributed by atoms with van der Waals surface area (Å²) < 4.78 is 16.5. The first-order chi connectivity index (χ1) is 15.7. The predicted octanol–water partition coefficient (Wildman–Crippen LogP) is 3.49. The highest BCUT2D eigenvalue weighted by molar-refractivity contribution is 5.50. The van der Waals surface area contributed by atoms with Crippen LogP contribution in [-0.2, 0) is 13.1 Å². The summed E-state index contributed by atoms with van der Waals surface area (Å²) in [4.78, 5) is 7.83. The Morgan fingerprint density at radius 2 is 1.28 bits per heavy atom. The minimum Gasteiger partial charge on any atom is -0.496 e. The van der Waals surface area contributed by atoms with Gasteiger partial charge in [-0.15, -0.1) is 0 Å². The van der Waals surface area contributed by atoms with E-state index < -0.39 is 0 Å². The van der Waals surface area contributed by atoms with Gasteiger partial charge >= 0.3 is 0 Å². The van der Waals surface area contributed by atoms with E-state index in [1.165, 1.54) is 31.5 Å². The van der Waals surface area contributed by atoms with Gasteiger partial charge < -0.3 is 14.2 Å². The van der Waals surface area contributed by atoms with E-state index in [2.05, 4.69) is 45.0 Å². The molecule has 0 amide bonds. The van der Waals surface area contributed by atoms with E-state index in [1.807, 2.05) is 12.1 Å². The van der Waals surface area contributed by atoms with Crippen molar-refractivity contribution in [3.8, 4) is 17.2 Å². The number of hydrogen-bond acceptors (Lipinski definition) is 6. The fourth-order valence-corrected chi connectivity index (χ4v) is 5.03. The second kappa shape index (κ2) is 11.0. The molecule has 6 nitrogen and oxygen atoms in total. The third-order valence-corrected chi connectivity index (χ3v) is 6.91. The van der Waals surface area contributed by atoms with E-state index in [1.54, 1.807) is 21.3 Å². The Morgan fingerprint density at radius 3 is 1.91 bits per heavy atom. The first kappa shape index (κ1) is 22.9. The number of rotatable bonds is 8. The van der Waals surface area contributed by atoms with Gasteiger partial charge in [-0.3, -0.25) is 14.7 Å². The highest BCUT2D eigenvalue weighted by Crippen LogP contribution is 2.35. The largest absolute Gasteiger partial charge is 0.496 e. The van der Waals surface area contributed by atoms with Crippen molar-refractivity contribution in [2.24, 2.45) is 0 Å². The van der Waals surface area contributed by atoms with Crippen LogP contribution in [0.4, 0.5) is 0 Å². The van der Waals surface area contributed by atoms with Crippen molar-refractivity contribution in [3.63, 3.8) is 0 Å². The molecule has 2 saturated heterocycles. The third kappa shape index (κ3) is 5.55. The molecule has 0 aliphatic carbocycles. The standard InChI is InChI=1S/C26H37N3O3/c1-30-24-18-26(32-3)25(31-2)17-22(24)20-28-13-15-29(16-14-28)23-9-11-27(12-10-23)19-21-7-5-4-6-8-21/h4-8,17-18,23H,9-16,19-20H2,1-3H3. The van der Waals surface area contributed by atoms with E-state index in [0.717, 1.165) is 62.4 Å². The summed E-state index contributed by atoms with van der Waals surface area (Å²) in [7, 11) is 5.05. The number of ether oxygens (including phenoxy) is 3. The van der Waals surface area contributed by atoms with Gasteiger partial charge in [0, 0.05) is 56.9 Å². The number of methoxy groups -OCH3 is 3. The zero-order valence-corrected chi connectivity index (χ0v) is 19.8. The van der Waals surface area contributed by atoms with Gasteiger partial charge in [-0.1, -0.05) is 30.3 Å². The van der Waals surface area contributed by atoms with Gasteiger partial charge in [0.15, 0.2) is 11.5 Å². The lowest BCUT2D eigenvalue weighted by molar-refractivity contribution is 0.0547. The first-order valence-electron chi connectivity index (χ1n) is 11.7. The molecule has 0 bridgehead atoms. The fourth-order valence-electron chi connectivity index (χ4n) is 5.03. The van der Waals surface area contributed by atoms with Crippen LogP contribution >= 0.6 is 0 Å². The zero-order valence-electron chi connectivity index (χ0n) is 19.8. The Labute approximate surface area is 192 Å². The number of benzene rings is 2. The summed E-state index contributed by atoms with van der Waals surface area (Å²) in [5, 5.41) is 0. The second-order valence-corrected chi connectivity index (χ2v) is 8.82. The van der Waals surface area contributed by atoms with E-state index in [-0.39, 0.29) is 0 Å². The van der Waals surface area contributed by atoms with Gasteiger partial charge in [-0.25, -0.2) is 0 Å². The molecule has 6 heteroatoms. The number of nitrogens with zero attached hydrogens (tertiary/aromatic N) is 3. The van der Waals surface area contributed by atoms with Crippen molar-refractivity contribution in [2.45, 2.75) is 32.0 Å². The molecule has 32 heavy (non-hydrogen) atoms. The number of likely N-dealkylation sites (tertiary alicyclic amines) is 1. The predicted molar refractivity (Wildman–Crippen MR) is 128 cm³/mol. The molecule has 0 saturated carbocycles. The van der Waals surface area contributed by atoms with Gasteiger partial charge in [0.2, 0.25) is 0 Å². The van der Waals surface area contributed by atoms with Crippen LogP contribution in [0.3, 0.4) is 0 Å². The van der Waals surface area contributed by atoms with E-state index in [9.17, 15) is 0 Å². The fraction of sp³-hybridized carbons (Fsp3) is 0.538. The average molecular weight is 440 g/mol. The smallest absolute Gasteiger partial charge is 0.164 e. The molecule has 0 atom stereocenters. The summed E-state index contributed by atoms with van der Waals surface area (Å²) in [5.74, 6) is 2.32. The SMILES string of the molecule is COc1cc(OC)c(OC)cc1CN1CCN(C2CCN(Cc3ccccc3)CC2)CC1. The molecular formula is C26H37N3O3. The van der Waals surface area contributed by atoms with Crippen LogP contribution in [-0.4, -0.2) is 81.3 Å². The quantitative estimate of drug-likeness (QED) is 0.627. The van der Waals surface area contributed by atoms with Crippen molar-refractivity contribution in [2.75, 3.05) is 60.6 Å². The van der Waals surface area contributed by atoms with Crippen LogP contribution < -0.4 is 14.2 Å². The maximum Gasteiger partial charge on any atom is 0.164 e. The Morgan fingerprint density at radius 1 is 0.688 bits per heavy atom. The summed E-state index contributed by atoms with van der Waals surface area (Å²) in [6, 6.07) is 15.5. The molecule has 2 aromatic rings. The van der Waals surface area contributed by atoms with Crippen LogP contribution in [0, 0.1) is 0 Å². The second-order valence-electron chi connectivity index (χ2n) is 8.82. The molecule has 0 N–H and O–H groups in total. The lowest BCUT2D eigenvalue weighted by atomic mass is 10.0. The van der Waals surface area contributed by atoms with Gasteiger partial charge in [0.05, 0.1) is 21.3 Å². The van der Waals surface area contributed by atoms with Crippen molar-refractivity contribution < 1.29 is 14.2 Å². The normalized spacial score (nSPS) is 19.1. The van der Waals surface area contributed by atoms with E-state index in [0.29, 0.717) is 5.75 Å². The Kier molecular flexibility index (Phi) is 7.90. The molecule has 0 radical (unpaired) electrons. The van der Waals surface area contributed by atoms with Crippen LogP contribution in [0.25, 0.3) is 0 Å². The highest BCUT2D eigenvalue weighted by Gasteiger charge is 2.28. The molecule has 0 unspecified atom stereocenters. The molecule has 174 valence electrons. The van der Waals surface area contributed by atoms with E-state index in [4.69, 9.17) is 14.2 Å².